The number of benzene rings is 1. The Hall–Kier alpha value is -3.10. The number of amides is 2. The minimum atomic E-state index is -0.951. The van der Waals surface area contributed by atoms with E-state index in [-0.39, 0.29) is 11.1 Å². The largest absolute Gasteiger partial charge is 0.288 e. The second kappa shape index (κ2) is 6.37. The number of hydrogen-bond donors (Lipinski definition) is 1. The van der Waals surface area contributed by atoms with Gasteiger partial charge >= 0.3 is 0 Å². The normalized spacial score (nSPS) is 10.9. The molecule has 1 rings (SSSR count). The van der Waals surface area contributed by atoms with Crippen molar-refractivity contribution in [2.45, 2.75) is 13.8 Å². The first-order chi connectivity index (χ1) is 9.76. The quantitative estimate of drug-likeness (QED) is 0.510. The van der Waals surface area contributed by atoms with Crippen LogP contribution in [-0.4, -0.2) is 21.7 Å². The summed E-state index contributed by atoms with van der Waals surface area (Å²) in [5.41, 5.74) is -1.29. The van der Waals surface area contributed by atoms with Crippen LogP contribution < -0.4 is 5.32 Å². The third-order valence-corrected chi connectivity index (χ3v) is 2.60. The first-order valence-corrected chi connectivity index (χ1v) is 5.68. The fraction of sp³-hybridized carbons (Fsp3) is 0.167. The van der Waals surface area contributed by atoms with Gasteiger partial charge in [-0.2, -0.15) is 0 Å². The molecule has 0 spiro atoms. The number of rotatable bonds is 4. The van der Waals surface area contributed by atoms with Crippen molar-refractivity contribution in [1.82, 2.24) is 5.32 Å². The van der Waals surface area contributed by atoms with E-state index in [2.05, 4.69) is 0 Å². The van der Waals surface area contributed by atoms with Gasteiger partial charge in [-0.1, -0.05) is 6.08 Å². The molecule has 0 atom stereocenters. The summed E-state index contributed by atoms with van der Waals surface area (Å²) in [5.74, 6) is -1.63. The molecule has 0 aliphatic rings. The molecule has 0 aromatic heterocycles. The van der Waals surface area contributed by atoms with Crippen molar-refractivity contribution in [3.63, 3.8) is 0 Å². The molecule has 1 aromatic rings. The van der Waals surface area contributed by atoms with Crippen LogP contribution in [0.25, 0.3) is 0 Å². The van der Waals surface area contributed by atoms with Crippen LogP contribution in [0.1, 0.15) is 24.2 Å². The number of hydrogen-bond acceptors (Lipinski definition) is 6. The Morgan fingerprint density at radius 3 is 1.95 bits per heavy atom. The number of non-ortho nitro benzene ring substituents is 2. The summed E-state index contributed by atoms with van der Waals surface area (Å²) in [6, 6.07) is 2.46. The van der Waals surface area contributed by atoms with Crippen LogP contribution in [0.5, 0.6) is 0 Å². The summed E-state index contributed by atoms with van der Waals surface area (Å²) >= 11 is 0. The Kier molecular flexibility index (Phi) is 4.84. The van der Waals surface area contributed by atoms with Crippen molar-refractivity contribution < 1.29 is 19.4 Å². The average molecular weight is 293 g/mol. The zero-order chi connectivity index (χ0) is 16.2. The smallest absolute Gasteiger partial charge is 0.277 e. The Morgan fingerprint density at radius 2 is 1.57 bits per heavy atom. The van der Waals surface area contributed by atoms with E-state index in [1.54, 1.807) is 6.92 Å². The molecule has 1 N–H and O–H groups in total. The lowest BCUT2D eigenvalue weighted by Crippen LogP contribution is -2.31. The number of carbonyl (C=O) groups excluding carboxylic acids is 2. The predicted molar refractivity (Wildman–Crippen MR) is 71.7 cm³/mol. The first-order valence-electron chi connectivity index (χ1n) is 5.68. The van der Waals surface area contributed by atoms with E-state index in [1.807, 2.05) is 5.32 Å². The molecule has 0 unspecified atom stereocenters. The van der Waals surface area contributed by atoms with Gasteiger partial charge in [-0.3, -0.25) is 35.1 Å². The van der Waals surface area contributed by atoms with Gasteiger partial charge in [0.2, 0.25) is 0 Å². The van der Waals surface area contributed by atoms with Crippen LogP contribution >= 0.6 is 0 Å². The molecule has 0 aliphatic heterocycles. The highest BCUT2D eigenvalue weighted by atomic mass is 16.6. The molecular formula is C12H11N3O6. The lowest BCUT2D eigenvalue weighted by atomic mass is 10.1. The monoisotopic (exact) mass is 293 g/mol. The van der Waals surface area contributed by atoms with Crippen molar-refractivity contribution in [1.29, 1.82) is 0 Å². The second-order valence-electron chi connectivity index (χ2n) is 4.01. The van der Waals surface area contributed by atoms with Gasteiger partial charge in [-0.15, -0.1) is 0 Å². The van der Waals surface area contributed by atoms with E-state index in [1.165, 1.54) is 13.0 Å². The second-order valence-corrected chi connectivity index (χ2v) is 4.01. The maximum absolute atomic E-state index is 11.8. The number of nitrogens with one attached hydrogen (secondary N) is 1. The Morgan fingerprint density at radius 1 is 1.10 bits per heavy atom. The van der Waals surface area contributed by atoms with E-state index < -0.39 is 33.0 Å². The molecule has 0 aliphatic carbocycles. The Bertz CT molecular complexity index is 633. The van der Waals surface area contributed by atoms with Gasteiger partial charge < -0.3 is 0 Å². The van der Waals surface area contributed by atoms with Gasteiger partial charge in [0.1, 0.15) is 0 Å². The van der Waals surface area contributed by atoms with Crippen molar-refractivity contribution in [2.24, 2.45) is 0 Å². The Labute approximate surface area is 118 Å². The topological polar surface area (TPSA) is 132 Å². The van der Waals surface area contributed by atoms with Crippen LogP contribution in [-0.2, 0) is 4.79 Å². The van der Waals surface area contributed by atoms with Crippen molar-refractivity contribution in [3.05, 3.63) is 55.6 Å². The number of nitro benzene ring substituents is 2. The van der Waals surface area contributed by atoms with Crippen LogP contribution in [0, 0.1) is 20.2 Å². The number of nitrogens with zero attached hydrogens (tertiary/aromatic N) is 2. The molecule has 110 valence electrons. The molecule has 1 aromatic carbocycles. The summed E-state index contributed by atoms with van der Waals surface area (Å²) in [6.45, 7) is 3.07. The minimum Gasteiger partial charge on any atom is -0.288 e. The maximum Gasteiger partial charge on any atom is 0.277 e. The van der Waals surface area contributed by atoms with Crippen LogP contribution in [0.15, 0.2) is 29.8 Å². The lowest BCUT2D eigenvalue weighted by molar-refractivity contribution is -0.394. The molecule has 21 heavy (non-hydrogen) atoms. The van der Waals surface area contributed by atoms with Crippen molar-refractivity contribution in [2.75, 3.05) is 0 Å². The molecule has 2 amide bonds. The number of nitro groups is 2. The molecule has 0 saturated heterocycles. The van der Waals surface area contributed by atoms with E-state index in [9.17, 15) is 29.8 Å². The predicted octanol–water partition coefficient (Wildman–Crippen LogP) is 1.73. The number of allylic oxidation sites excluding steroid dienone is 1. The van der Waals surface area contributed by atoms with Gasteiger partial charge in [0.05, 0.1) is 21.5 Å². The molecule has 0 bridgehead atoms. The number of carbonyl (C=O) groups is 2. The molecule has 9 heteroatoms. The lowest BCUT2D eigenvalue weighted by Gasteiger charge is -2.04. The van der Waals surface area contributed by atoms with Crippen LogP contribution in [0.2, 0.25) is 0 Å². The fourth-order valence-electron chi connectivity index (χ4n) is 1.34. The number of imide groups is 1. The summed E-state index contributed by atoms with van der Waals surface area (Å²) in [5, 5.41) is 23.4. The summed E-state index contributed by atoms with van der Waals surface area (Å²) in [4.78, 5) is 43.0. The van der Waals surface area contributed by atoms with Crippen LogP contribution in [0.4, 0.5) is 11.4 Å². The molecule has 9 nitrogen and oxygen atoms in total. The zero-order valence-corrected chi connectivity index (χ0v) is 11.2. The van der Waals surface area contributed by atoms with E-state index in [0.717, 1.165) is 18.2 Å². The van der Waals surface area contributed by atoms with E-state index >= 15 is 0 Å². The SMILES string of the molecule is C/C=C(\C)C(=O)NC(=O)c1cc([N+](=O)[O-])cc([N+](=O)[O-])c1. The Balaban J connectivity index is 3.17. The highest BCUT2D eigenvalue weighted by Gasteiger charge is 2.21. The van der Waals surface area contributed by atoms with Crippen molar-refractivity contribution >= 4 is 23.2 Å². The van der Waals surface area contributed by atoms with Gasteiger partial charge in [0.25, 0.3) is 23.2 Å². The zero-order valence-electron chi connectivity index (χ0n) is 11.2. The average Bonchev–Trinajstić information content (AvgIpc) is 2.45. The van der Waals surface area contributed by atoms with Crippen molar-refractivity contribution in [3.8, 4) is 0 Å². The molecule has 0 fully saturated rings. The standard InChI is InChI=1S/C12H11N3O6/c1-3-7(2)11(16)13-12(17)8-4-9(14(18)19)6-10(5-8)15(20)21/h3-6H,1-2H3,(H,13,16,17)/b7-3+. The molecule has 0 saturated carbocycles. The summed E-state index contributed by atoms with van der Waals surface area (Å²) in [6.07, 6.45) is 1.47. The fourth-order valence-corrected chi connectivity index (χ4v) is 1.34. The molecular weight excluding hydrogens is 282 g/mol. The van der Waals surface area contributed by atoms with Gasteiger partial charge in [-0.05, 0) is 13.8 Å². The third-order valence-electron chi connectivity index (χ3n) is 2.60. The van der Waals surface area contributed by atoms with E-state index in [4.69, 9.17) is 0 Å². The van der Waals surface area contributed by atoms with E-state index in [0.29, 0.717) is 0 Å². The maximum atomic E-state index is 11.8. The molecule has 0 radical (unpaired) electrons. The molecule has 0 heterocycles. The highest BCUT2D eigenvalue weighted by molar-refractivity contribution is 6.10. The van der Waals surface area contributed by atoms with Gasteiger partial charge in [0.15, 0.2) is 0 Å². The third kappa shape index (κ3) is 3.93. The first kappa shape index (κ1) is 16.0. The summed E-state index contributed by atoms with van der Waals surface area (Å²) < 4.78 is 0. The minimum absolute atomic E-state index is 0.267. The van der Waals surface area contributed by atoms with Crippen LogP contribution in [0.3, 0.4) is 0 Å². The van der Waals surface area contributed by atoms with Gasteiger partial charge in [-0.25, -0.2) is 0 Å². The summed E-state index contributed by atoms with van der Waals surface area (Å²) in [7, 11) is 0. The van der Waals surface area contributed by atoms with Gasteiger partial charge in [0, 0.05) is 17.7 Å². The highest BCUT2D eigenvalue weighted by Crippen LogP contribution is 2.22.